The number of carbonyl (C=O) groups is 1. The number of carbonyl (C=O) groups excluding carboxylic acids is 1. The Morgan fingerprint density at radius 1 is 1.04 bits per heavy atom. The number of nitrogens with zero attached hydrogens (tertiary/aromatic N) is 3. The Hall–Kier alpha value is -4.96. The number of pyridine rings is 1. The second-order valence-electron chi connectivity index (χ2n) is 12.8. The van der Waals surface area contributed by atoms with Crippen LogP contribution in [0.3, 0.4) is 0 Å². The highest BCUT2D eigenvalue weighted by Gasteiger charge is 2.45. The highest BCUT2D eigenvalue weighted by atomic mass is 32.2. The van der Waals surface area contributed by atoms with E-state index in [0.29, 0.717) is 44.6 Å². The van der Waals surface area contributed by atoms with Gasteiger partial charge in [0.2, 0.25) is 10.0 Å². The van der Waals surface area contributed by atoms with Crippen molar-refractivity contribution in [3.05, 3.63) is 95.3 Å². The molecule has 47 heavy (non-hydrogen) atoms. The van der Waals surface area contributed by atoms with E-state index in [1.165, 1.54) is 17.4 Å². The number of anilines is 1. The first-order chi connectivity index (χ1) is 22.5. The molecule has 0 unspecified atom stereocenters. The molecule has 0 bridgehead atoms. The van der Waals surface area contributed by atoms with Crippen molar-refractivity contribution in [2.45, 2.75) is 38.1 Å². The quantitative estimate of drug-likeness (QED) is 0.210. The maximum absolute atomic E-state index is 15.1. The molecule has 1 aliphatic carbocycles. The zero-order valence-corrected chi connectivity index (χ0v) is 27.3. The van der Waals surface area contributed by atoms with Gasteiger partial charge in [-0.05, 0) is 68.5 Å². The van der Waals surface area contributed by atoms with E-state index in [2.05, 4.69) is 16.0 Å². The summed E-state index contributed by atoms with van der Waals surface area (Å²) in [7, 11) is -0.644. The van der Waals surface area contributed by atoms with Crippen molar-refractivity contribution in [2.24, 2.45) is 0 Å². The van der Waals surface area contributed by atoms with Crippen LogP contribution in [0, 0.1) is 12.7 Å². The Morgan fingerprint density at radius 2 is 1.81 bits per heavy atom. The van der Waals surface area contributed by atoms with Gasteiger partial charge in [0.15, 0.2) is 0 Å². The fourth-order valence-electron chi connectivity index (χ4n) is 7.34. The van der Waals surface area contributed by atoms with E-state index in [0.717, 1.165) is 65.5 Å². The molecule has 2 aliphatic rings. The largest absolute Gasteiger partial charge is 0.455 e. The minimum atomic E-state index is -3.70. The molecule has 0 saturated heterocycles. The summed E-state index contributed by atoms with van der Waals surface area (Å²) in [5.41, 5.74) is 7.31. The fourth-order valence-corrected chi connectivity index (χ4v) is 7.84. The predicted octanol–water partition coefficient (Wildman–Crippen LogP) is 7.42. The average Bonchev–Trinajstić information content (AvgIpc) is 3.62. The van der Waals surface area contributed by atoms with Gasteiger partial charge in [0.05, 0.1) is 40.1 Å². The Balaban J connectivity index is 1.39. The van der Waals surface area contributed by atoms with Gasteiger partial charge in [0.1, 0.15) is 17.2 Å². The minimum Gasteiger partial charge on any atom is -0.455 e. The molecule has 10 heteroatoms. The number of furan rings is 1. The Morgan fingerprint density at radius 3 is 2.49 bits per heavy atom. The van der Waals surface area contributed by atoms with Crippen molar-refractivity contribution in [3.8, 4) is 34.0 Å². The molecular weight excluding hydrogens is 615 g/mol. The molecule has 1 N–H and O–H groups in total. The topological polar surface area (TPSA) is 97.4 Å². The van der Waals surface area contributed by atoms with Crippen molar-refractivity contribution in [1.29, 1.82) is 0 Å². The molecule has 3 aromatic heterocycles. The molecule has 1 aliphatic heterocycles. The lowest BCUT2D eigenvalue weighted by atomic mass is 9.70. The Bertz CT molecular complexity index is 2390. The van der Waals surface area contributed by atoms with E-state index >= 15 is 4.39 Å². The minimum absolute atomic E-state index is 0.118. The average molecular weight is 649 g/mol. The van der Waals surface area contributed by atoms with Crippen LogP contribution in [0.1, 0.15) is 40.7 Å². The first kappa shape index (κ1) is 29.4. The maximum Gasteiger partial charge on any atom is 0.255 e. The van der Waals surface area contributed by atoms with Gasteiger partial charge in [-0.25, -0.2) is 17.8 Å². The summed E-state index contributed by atoms with van der Waals surface area (Å²) in [4.78, 5) is 18.6. The summed E-state index contributed by atoms with van der Waals surface area (Å²) in [6, 6.07) is 22.2. The van der Waals surface area contributed by atoms with E-state index in [-0.39, 0.29) is 17.3 Å². The molecular formula is C37H33FN4O4S. The molecule has 8 rings (SSSR count). The summed E-state index contributed by atoms with van der Waals surface area (Å²) in [6.07, 6.45) is 5.04. The van der Waals surface area contributed by atoms with Crippen LogP contribution in [0.25, 0.3) is 55.8 Å². The van der Waals surface area contributed by atoms with Gasteiger partial charge in [-0.15, -0.1) is 0 Å². The van der Waals surface area contributed by atoms with Gasteiger partial charge >= 0.3 is 0 Å². The molecule has 1 amide bonds. The highest BCUT2D eigenvalue weighted by molar-refractivity contribution is 7.92. The molecule has 1 saturated carbocycles. The van der Waals surface area contributed by atoms with Gasteiger partial charge in [0.25, 0.3) is 5.91 Å². The zero-order chi connectivity index (χ0) is 32.8. The van der Waals surface area contributed by atoms with Crippen LogP contribution in [0.5, 0.6) is 0 Å². The van der Waals surface area contributed by atoms with Gasteiger partial charge in [-0.2, -0.15) is 0 Å². The first-order valence-corrected chi connectivity index (χ1v) is 17.5. The SMILES string of the molecule is CNC(=O)c1c(-c2ccc(C)cc2)oc2cc(N(C)S(C)(=O)=O)c(-c3ccc4c(n3)-c3cc5c(F)cccc5n3C3(CCC3)C4)cc12. The molecule has 238 valence electrons. The number of halogens is 1. The fraction of sp³-hybridized carbons (Fsp3) is 0.243. The molecule has 0 radical (unpaired) electrons. The lowest BCUT2D eigenvalue weighted by molar-refractivity contribution is 0.0964. The number of hydrogen-bond acceptors (Lipinski definition) is 5. The third-order valence-corrected chi connectivity index (χ3v) is 11.2. The molecule has 1 spiro atoms. The predicted molar refractivity (Wildman–Crippen MR) is 183 cm³/mol. The smallest absolute Gasteiger partial charge is 0.255 e. The lowest BCUT2D eigenvalue weighted by Gasteiger charge is -2.48. The number of rotatable bonds is 5. The molecule has 6 aromatic rings. The van der Waals surface area contributed by atoms with Crippen molar-refractivity contribution in [3.63, 3.8) is 0 Å². The highest BCUT2D eigenvalue weighted by Crippen LogP contribution is 2.52. The van der Waals surface area contributed by atoms with E-state index in [1.807, 2.05) is 49.4 Å². The first-order valence-electron chi connectivity index (χ1n) is 15.6. The van der Waals surface area contributed by atoms with Gasteiger partial charge < -0.3 is 14.3 Å². The summed E-state index contributed by atoms with van der Waals surface area (Å²) >= 11 is 0. The van der Waals surface area contributed by atoms with Crippen LogP contribution in [0.2, 0.25) is 0 Å². The third kappa shape index (κ3) is 4.41. The number of aryl methyl sites for hydroxylation is 1. The second-order valence-corrected chi connectivity index (χ2v) is 14.9. The molecule has 8 nitrogen and oxygen atoms in total. The van der Waals surface area contributed by atoms with Crippen LogP contribution < -0.4 is 9.62 Å². The monoisotopic (exact) mass is 648 g/mol. The number of sulfonamides is 1. The van der Waals surface area contributed by atoms with Crippen molar-refractivity contribution < 1.29 is 22.0 Å². The van der Waals surface area contributed by atoms with E-state index in [4.69, 9.17) is 9.40 Å². The molecule has 0 atom stereocenters. The van der Waals surface area contributed by atoms with Crippen molar-refractivity contribution in [2.75, 3.05) is 24.7 Å². The Labute approximate surface area is 271 Å². The third-order valence-electron chi connectivity index (χ3n) is 9.98. The Kier molecular flexibility index (Phi) is 6.43. The summed E-state index contributed by atoms with van der Waals surface area (Å²) in [6.45, 7) is 1.98. The van der Waals surface area contributed by atoms with E-state index in [1.54, 1.807) is 25.2 Å². The maximum atomic E-state index is 15.1. The molecule has 1 fully saturated rings. The van der Waals surface area contributed by atoms with E-state index in [9.17, 15) is 13.2 Å². The summed E-state index contributed by atoms with van der Waals surface area (Å²) in [5, 5.41) is 3.83. The number of hydrogen-bond donors (Lipinski definition) is 1. The van der Waals surface area contributed by atoms with Crippen molar-refractivity contribution in [1.82, 2.24) is 14.9 Å². The lowest BCUT2D eigenvalue weighted by Crippen LogP contribution is -2.45. The number of aromatic nitrogens is 2. The van der Waals surface area contributed by atoms with Crippen LogP contribution in [0.15, 0.2) is 77.2 Å². The van der Waals surface area contributed by atoms with Gasteiger partial charge in [0, 0.05) is 47.6 Å². The van der Waals surface area contributed by atoms with Gasteiger partial charge in [-0.1, -0.05) is 42.0 Å². The van der Waals surface area contributed by atoms with Gasteiger partial charge in [-0.3, -0.25) is 9.10 Å². The summed E-state index contributed by atoms with van der Waals surface area (Å²) in [5.74, 6) is -0.212. The molecule has 4 heterocycles. The second kappa shape index (κ2) is 10.3. The number of nitrogens with one attached hydrogen (secondary N) is 1. The van der Waals surface area contributed by atoms with E-state index < -0.39 is 10.0 Å². The van der Waals surface area contributed by atoms with Crippen LogP contribution >= 0.6 is 0 Å². The van der Waals surface area contributed by atoms with Crippen LogP contribution in [-0.2, 0) is 22.0 Å². The number of benzene rings is 3. The van der Waals surface area contributed by atoms with Crippen LogP contribution in [0.4, 0.5) is 10.1 Å². The normalized spacial score (nSPS) is 15.0. The standard InChI is InChI=1S/C37H33FN4O4S/c1-21-9-11-22(12-10-21)35-33(36(43)39-2)26-17-25(30(19-32(26)46-35)41(3)47(4,44)45)28-14-13-23-20-37(15-6-16-37)42-29-8-5-7-27(38)24(29)18-31(42)34(23)40-28/h5,7-14,17-19H,6,15-16,20H2,1-4H3,(H,39,43). The number of fused-ring (bicyclic) bond motifs is 7. The van der Waals surface area contributed by atoms with Crippen molar-refractivity contribution >= 4 is 43.5 Å². The molecule has 3 aromatic carbocycles. The number of amides is 1. The zero-order valence-electron chi connectivity index (χ0n) is 26.5. The summed E-state index contributed by atoms with van der Waals surface area (Å²) < 4.78 is 50.8. The van der Waals surface area contributed by atoms with Crippen LogP contribution in [-0.4, -0.2) is 44.2 Å².